The van der Waals surface area contributed by atoms with Crippen molar-refractivity contribution in [3.63, 3.8) is 0 Å². The first kappa shape index (κ1) is 25.8. The number of carboxylic acids is 1. The zero-order valence-corrected chi connectivity index (χ0v) is 19.6. The van der Waals surface area contributed by atoms with E-state index in [2.05, 4.69) is 22.9 Å². The number of aliphatic carboxylic acids is 1. The van der Waals surface area contributed by atoms with E-state index in [-0.39, 0.29) is 51.4 Å². The third-order valence-electron chi connectivity index (χ3n) is 4.07. The fraction of sp³-hybridized carbons (Fsp3) is 0.944. The molecule has 0 aromatic rings. The van der Waals surface area contributed by atoms with Gasteiger partial charge >= 0.3 is 51.4 Å². The molecule has 1 unspecified atom stereocenters. The van der Waals surface area contributed by atoms with Gasteiger partial charge in [-0.05, 0) is 6.42 Å². The Morgan fingerprint density at radius 2 is 1.09 bits per heavy atom. The molecule has 0 rings (SSSR count). The molecule has 1 atom stereocenters. The molecule has 0 aliphatic rings. The van der Waals surface area contributed by atoms with Crippen LogP contribution < -0.4 is 56.5 Å². The molecule has 4 heteroatoms. The number of halogens is 1. The van der Waals surface area contributed by atoms with E-state index in [0.717, 1.165) is 12.8 Å². The normalized spacial score (nSPS) is 11.9. The molecule has 0 fully saturated rings. The maximum atomic E-state index is 10.5. The van der Waals surface area contributed by atoms with Crippen molar-refractivity contribution in [3.8, 4) is 0 Å². The van der Waals surface area contributed by atoms with Gasteiger partial charge in [0.2, 0.25) is 0 Å². The SMILES string of the molecule is CCCCCCCCCCCCCCCCC(Br)C(=O)[O-].[K+]. The number of hydrogen-bond acceptors (Lipinski definition) is 2. The van der Waals surface area contributed by atoms with Gasteiger partial charge in [0.25, 0.3) is 0 Å². The van der Waals surface area contributed by atoms with Crippen LogP contribution in [0, 0.1) is 0 Å². The molecule has 0 aliphatic carbocycles. The smallest absolute Gasteiger partial charge is 0.549 e. The summed E-state index contributed by atoms with van der Waals surface area (Å²) in [6.07, 6.45) is 19.3. The molecule has 0 bridgehead atoms. The van der Waals surface area contributed by atoms with E-state index in [4.69, 9.17) is 0 Å². The van der Waals surface area contributed by atoms with Crippen LogP contribution in [0.15, 0.2) is 0 Å². The Labute approximate surface area is 189 Å². The first-order valence-electron chi connectivity index (χ1n) is 9.03. The van der Waals surface area contributed by atoms with Crippen molar-refractivity contribution in [3.05, 3.63) is 0 Å². The number of carbonyl (C=O) groups is 1. The van der Waals surface area contributed by atoms with E-state index in [1.807, 2.05) is 0 Å². The van der Waals surface area contributed by atoms with Gasteiger partial charge in [0.1, 0.15) is 0 Å². The van der Waals surface area contributed by atoms with Gasteiger partial charge in [0.15, 0.2) is 0 Å². The largest absolute Gasteiger partial charge is 1.00 e. The van der Waals surface area contributed by atoms with Crippen LogP contribution in [-0.2, 0) is 4.79 Å². The second-order valence-corrected chi connectivity index (χ2v) is 7.28. The minimum absolute atomic E-state index is 0. The van der Waals surface area contributed by atoms with Gasteiger partial charge in [-0.3, -0.25) is 0 Å². The average molecular weight is 401 g/mol. The van der Waals surface area contributed by atoms with Gasteiger partial charge in [0.05, 0.1) is 10.8 Å². The van der Waals surface area contributed by atoms with Gasteiger partial charge in [-0.15, -0.1) is 0 Å². The van der Waals surface area contributed by atoms with E-state index >= 15 is 0 Å². The molecule has 0 radical (unpaired) electrons. The molecule has 0 saturated carbocycles. The van der Waals surface area contributed by atoms with Crippen LogP contribution >= 0.6 is 15.9 Å². The summed E-state index contributed by atoms with van der Waals surface area (Å²) in [5.74, 6) is -0.982. The fourth-order valence-corrected chi connectivity index (χ4v) is 2.96. The Balaban J connectivity index is 0. The van der Waals surface area contributed by atoms with Crippen LogP contribution in [0.25, 0.3) is 0 Å². The molecule has 0 amide bonds. The monoisotopic (exact) mass is 400 g/mol. The molecule has 22 heavy (non-hydrogen) atoms. The Hall–Kier alpha value is 1.59. The second-order valence-electron chi connectivity index (χ2n) is 6.17. The molecule has 0 aromatic heterocycles. The average Bonchev–Trinajstić information content (AvgIpc) is 2.47. The molecular weight excluding hydrogens is 367 g/mol. The van der Waals surface area contributed by atoms with Crippen molar-refractivity contribution in [2.45, 2.75) is 108 Å². The van der Waals surface area contributed by atoms with Gasteiger partial charge in [-0.2, -0.15) is 0 Å². The van der Waals surface area contributed by atoms with Crippen molar-refractivity contribution in [2.75, 3.05) is 0 Å². The van der Waals surface area contributed by atoms with Gasteiger partial charge in [-0.25, -0.2) is 0 Å². The van der Waals surface area contributed by atoms with Crippen molar-refractivity contribution in [2.24, 2.45) is 0 Å². The minimum Gasteiger partial charge on any atom is -0.549 e. The first-order chi connectivity index (χ1) is 10.2. The van der Waals surface area contributed by atoms with Crippen LogP contribution in [0.3, 0.4) is 0 Å². The quantitative estimate of drug-likeness (QED) is 0.226. The Kier molecular flexibility index (Phi) is 24.2. The van der Waals surface area contributed by atoms with Crippen molar-refractivity contribution < 1.29 is 61.3 Å². The molecule has 2 nitrogen and oxygen atoms in total. The molecule has 0 spiro atoms. The summed E-state index contributed by atoms with van der Waals surface area (Å²) in [5.41, 5.74) is 0. The van der Waals surface area contributed by atoms with E-state index in [1.54, 1.807) is 0 Å². The van der Waals surface area contributed by atoms with E-state index in [9.17, 15) is 9.90 Å². The van der Waals surface area contributed by atoms with Crippen LogP contribution in [0.5, 0.6) is 0 Å². The summed E-state index contributed by atoms with van der Waals surface area (Å²) in [4.78, 5) is 10.0. The van der Waals surface area contributed by atoms with Gasteiger partial charge in [-0.1, -0.05) is 113 Å². The summed E-state index contributed by atoms with van der Waals surface area (Å²) in [7, 11) is 0. The van der Waals surface area contributed by atoms with Crippen LogP contribution in [0.4, 0.5) is 0 Å². The van der Waals surface area contributed by atoms with E-state index < -0.39 is 10.8 Å². The number of alkyl halides is 1. The summed E-state index contributed by atoms with van der Waals surface area (Å²) in [6, 6.07) is 0. The molecule has 0 heterocycles. The third-order valence-corrected chi connectivity index (χ3v) is 4.90. The Morgan fingerprint density at radius 3 is 1.41 bits per heavy atom. The predicted octanol–water partition coefficient (Wildman–Crippen LogP) is 2.38. The van der Waals surface area contributed by atoms with Crippen molar-refractivity contribution in [1.29, 1.82) is 0 Å². The van der Waals surface area contributed by atoms with Crippen LogP contribution in [0.2, 0.25) is 0 Å². The maximum Gasteiger partial charge on any atom is 1.00 e. The maximum absolute atomic E-state index is 10.5. The standard InChI is InChI=1S/C18H35BrO2.K/c1-2-3-4-5-6-7-8-9-10-11-12-13-14-15-16-17(19)18(20)21;/h17H,2-16H2,1H3,(H,20,21);/q;+1/p-1. The van der Waals surface area contributed by atoms with Crippen molar-refractivity contribution in [1.82, 2.24) is 0 Å². The molecular formula is C18H34BrKO2. The Morgan fingerprint density at radius 1 is 0.773 bits per heavy atom. The predicted molar refractivity (Wildman–Crippen MR) is 92.7 cm³/mol. The number of rotatable bonds is 16. The fourth-order valence-electron chi connectivity index (χ4n) is 2.64. The van der Waals surface area contributed by atoms with Crippen LogP contribution in [-0.4, -0.2) is 10.8 Å². The molecule has 0 N–H and O–H groups in total. The van der Waals surface area contributed by atoms with E-state index in [0.29, 0.717) is 6.42 Å². The molecule has 0 aromatic carbocycles. The number of hydrogen-bond donors (Lipinski definition) is 0. The van der Waals surface area contributed by atoms with Gasteiger partial charge < -0.3 is 9.90 Å². The summed E-state index contributed by atoms with van der Waals surface area (Å²) < 4.78 is 0. The molecule has 0 aliphatic heterocycles. The Bertz CT molecular complexity index is 237. The van der Waals surface area contributed by atoms with Gasteiger partial charge in [0, 0.05) is 0 Å². The zero-order chi connectivity index (χ0) is 15.8. The number of unbranched alkanes of at least 4 members (excludes halogenated alkanes) is 13. The molecule has 126 valence electrons. The topological polar surface area (TPSA) is 40.1 Å². The summed E-state index contributed by atoms with van der Waals surface area (Å²) in [5, 5.41) is 10.5. The van der Waals surface area contributed by atoms with E-state index in [1.165, 1.54) is 77.0 Å². The van der Waals surface area contributed by atoms with Crippen LogP contribution in [0.1, 0.15) is 103 Å². The third kappa shape index (κ3) is 19.6. The summed E-state index contributed by atoms with van der Waals surface area (Å²) >= 11 is 3.12. The summed E-state index contributed by atoms with van der Waals surface area (Å²) in [6.45, 7) is 2.27. The van der Waals surface area contributed by atoms with Crippen molar-refractivity contribution >= 4 is 21.9 Å². The number of carbonyl (C=O) groups excluding carboxylic acids is 1. The second kappa shape index (κ2) is 20.6. The first-order valence-corrected chi connectivity index (χ1v) is 9.95. The zero-order valence-electron chi connectivity index (χ0n) is 14.9. The number of carboxylic acid groups (broad SMARTS) is 1. The minimum atomic E-state index is -0.982. The molecule has 0 saturated heterocycles.